The fourth-order valence-electron chi connectivity index (χ4n) is 3.17. The molecule has 132 valence electrons. The van der Waals surface area contributed by atoms with E-state index in [1.54, 1.807) is 31.5 Å². The van der Waals surface area contributed by atoms with Crippen LogP contribution in [0.5, 0.6) is 0 Å². The Kier molecular flexibility index (Phi) is 5.40. The Morgan fingerprint density at radius 1 is 1.32 bits per heavy atom. The van der Waals surface area contributed by atoms with Gasteiger partial charge >= 0.3 is 0 Å². The summed E-state index contributed by atoms with van der Waals surface area (Å²) in [6, 6.07) is 8.51. The van der Waals surface area contributed by atoms with Crippen LogP contribution in [0.2, 0.25) is 0 Å². The molecule has 0 aliphatic carbocycles. The van der Waals surface area contributed by atoms with Crippen molar-refractivity contribution in [1.29, 1.82) is 0 Å². The van der Waals surface area contributed by atoms with E-state index in [1.807, 2.05) is 17.0 Å². The van der Waals surface area contributed by atoms with E-state index < -0.39 is 6.10 Å². The van der Waals surface area contributed by atoms with Crippen molar-refractivity contribution in [1.82, 2.24) is 9.88 Å². The molecular weight excluding hydrogens is 321 g/mol. The number of rotatable bonds is 5. The van der Waals surface area contributed by atoms with Crippen molar-refractivity contribution in [3.05, 3.63) is 59.7 Å². The summed E-state index contributed by atoms with van der Waals surface area (Å²) >= 11 is 0. The quantitative estimate of drug-likeness (QED) is 0.872. The van der Waals surface area contributed by atoms with Gasteiger partial charge in [-0.25, -0.2) is 4.39 Å². The molecule has 3 rings (SSSR count). The van der Waals surface area contributed by atoms with E-state index in [-0.39, 0.29) is 24.2 Å². The molecule has 2 aromatic rings. The molecule has 6 heteroatoms. The Bertz CT molecular complexity index is 739. The highest BCUT2D eigenvalue weighted by Gasteiger charge is 2.32. The minimum Gasteiger partial charge on any atom is -0.391 e. The van der Waals surface area contributed by atoms with Crippen LogP contribution in [0.15, 0.2) is 42.7 Å². The van der Waals surface area contributed by atoms with Crippen molar-refractivity contribution < 1.29 is 14.3 Å². The molecule has 1 saturated heterocycles. The maximum Gasteiger partial charge on any atom is 0.238 e. The number of carbonyl (C=O) groups excluding carboxylic acids is 1. The lowest BCUT2D eigenvalue weighted by molar-refractivity contribution is -0.117. The number of hydrogen-bond donors (Lipinski definition) is 2. The lowest BCUT2D eigenvalue weighted by Gasteiger charge is -2.15. The second-order valence-corrected chi connectivity index (χ2v) is 6.59. The van der Waals surface area contributed by atoms with Gasteiger partial charge in [-0.1, -0.05) is 6.07 Å². The number of halogens is 1. The van der Waals surface area contributed by atoms with Crippen molar-refractivity contribution in [3.8, 4) is 0 Å². The number of hydrogen-bond acceptors (Lipinski definition) is 4. The molecule has 1 aliphatic heterocycles. The van der Waals surface area contributed by atoms with Crippen molar-refractivity contribution in [3.63, 3.8) is 0 Å². The predicted octanol–water partition coefficient (Wildman–Crippen LogP) is 2.00. The van der Waals surface area contributed by atoms with Crippen LogP contribution in [0, 0.1) is 18.7 Å². The fourth-order valence-corrected chi connectivity index (χ4v) is 3.17. The minimum absolute atomic E-state index is 0.0898. The predicted molar refractivity (Wildman–Crippen MR) is 93.6 cm³/mol. The maximum atomic E-state index is 13.5. The van der Waals surface area contributed by atoms with Gasteiger partial charge in [0.05, 0.1) is 12.6 Å². The molecule has 0 saturated carbocycles. The largest absolute Gasteiger partial charge is 0.391 e. The summed E-state index contributed by atoms with van der Waals surface area (Å²) in [5.41, 5.74) is 2.11. The van der Waals surface area contributed by atoms with Gasteiger partial charge in [0.1, 0.15) is 5.82 Å². The number of anilines is 1. The molecule has 2 atom stereocenters. The van der Waals surface area contributed by atoms with E-state index in [4.69, 9.17) is 0 Å². The van der Waals surface area contributed by atoms with Gasteiger partial charge in [-0.3, -0.25) is 14.7 Å². The number of pyridine rings is 1. The van der Waals surface area contributed by atoms with Gasteiger partial charge in [-0.2, -0.15) is 0 Å². The molecule has 1 aromatic carbocycles. The molecule has 2 N–H and O–H groups in total. The van der Waals surface area contributed by atoms with Crippen LogP contribution in [-0.2, 0) is 11.2 Å². The number of amides is 1. The van der Waals surface area contributed by atoms with Gasteiger partial charge in [-0.15, -0.1) is 0 Å². The molecule has 0 spiro atoms. The lowest BCUT2D eigenvalue weighted by Crippen LogP contribution is -2.32. The molecule has 2 heterocycles. The lowest BCUT2D eigenvalue weighted by atomic mass is 9.97. The van der Waals surface area contributed by atoms with Crippen molar-refractivity contribution in [2.75, 3.05) is 25.0 Å². The monoisotopic (exact) mass is 343 g/mol. The Labute approximate surface area is 146 Å². The number of aryl methyl sites for hydroxylation is 1. The number of likely N-dealkylation sites (tertiary alicyclic amines) is 1. The molecule has 5 nitrogen and oxygen atoms in total. The Morgan fingerprint density at radius 2 is 2.08 bits per heavy atom. The van der Waals surface area contributed by atoms with E-state index >= 15 is 0 Å². The molecule has 1 aliphatic rings. The third-order valence-electron chi connectivity index (χ3n) is 4.55. The molecule has 25 heavy (non-hydrogen) atoms. The van der Waals surface area contributed by atoms with E-state index in [1.165, 1.54) is 6.07 Å². The smallest absolute Gasteiger partial charge is 0.238 e. The number of nitrogens with one attached hydrogen (secondary N) is 1. The molecule has 0 radical (unpaired) electrons. The molecular formula is C19H22FN3O2. The zero-order valence-electron chi connectivity index (χ0n) is 14.2. The van der Waals surface area contributed by atoms with Gasteiger partial charge in [0.2, 0.25) is 5.91 Å². The van der Waals surface area contributed by atoms with Gasteiger partial charge in [0, 0.05) is 37.1 Å². The number of benzene rings is 1. The molecule has 1 fully saturated rings. The minimum atomic E-state index is -0.460. The van der Waals surface area contributed by atoms with E-state index in [9.17, 15) is 14.3 Å². The molecule has 0 bridgehead atoms. The van der Waals surface area contributed by atoms with Crippen LogP contribution in [0.3, 0.4) is 0 Å². The summed E-state index contributed by atoms with van der Waals surface area (Å²) in [7, 11) is 0. The van der Waals surface area contributed by atoms with Crippen LogP contribution in [-0.4, -0.2) is 46.6 Å². The Hall–Kier alpha value is -2.31. The van der Waals surface area contributed by atoms with Crippen LogP contribution >= 0.6 is 0 Å². The molecule has 1 amide bonds. The number of aromatic nitrogens is 1. The third kappa shape index (κ3) is 4.61. The van der Waals surface area contributed by atoms with Crippen LogP contribution < -0.4 is 5.32 Å². The summed E-state index contributed by atoms with van der Waals surface area (Å²) in [6.45, 7) is 2.97. The Morgan fingerprint density at radius 3 is 2.80 bits per heavy atom. The standard InChI is InChI=1S/C19H22FN3O2/c1-13-2-3-16(9-17(13)20)22-19(25)12-23-10-15(18(24)11-23)8-14-4-6-21-7-5-14/h2-7,9,15,18,24H,8,10-12H2,1H3,(H,22,25)/t15-,18+/m1/s1. The van der Waals surface area contributed by atoms with Crippen molar-refractivity contribution >= 4 is 11.6 Å². The van der Waals surface area contributed by atoms with Crippen molar-refractivity contribution in [2.24, 2.45) is 5.92 Å². The van der Waals surface area contributed by atoms with E-state index in [0.717, 1.165) is 12.0 Å². The summed E-state index contributed by atoms with van der Waals surface area (Å²) in [4.78, 5) is 18.1. The number of aliphatic hydroxyl groups is 1. The van der Waals surface area contributed by atoms with Crippen LogP contribution in [0.1, 0.15) is 11.1 Å². The first-order valence-corrected chi connectivity index (χ1v) is 8.36. The Balaban J connectivity index is 1.53. The van der Waals surface area contributed by atoms with Crippen LogP contribution in [0.25, 0.3) is 0 Å². The topological polar surface area (TPSA) is 65.5 Å². The summed E-state index contributed by atoms with van der Waals surface area (Å²) in [6.07, 6.45) is 3.77. The first kappa shape index (κ1) is 17.5. The number of carbonyl (C=O) groups is 1. The van der Waals surface area contributed by atoms with Crippen molar-refractivity contribution in [2.45, 2.75) is 19.4 Å². The SMILES string of the molecule is Cc1ccc(NC(=O)CN2C[C@@H](Cc3ccncc3)[C@@H](O)C2)cc1F. The number of nitrogens with zero attached hydrogens (tertiary/aromatic N) is 2. The van der Waals surface area contributed by atoms with Gasteiger partial charge < -0.3 is 10.4 Å². The fraction of sp³-hybridized carbons (Fsp3) is 0.368. The normalized spacial score (nSPS) is 20.6. The van der Waals surface area contributed by atoms with Gasteiger partial charge in [-0.05, 0) is 48.7 Å². The summed E-state index contributed by atoms with van der Waals surface area (Å²) in [5, 5.41) is 13.0. The average molecular weight is 343 g/mol. The summed E-state index contributed by atoms with van der Waals surface area (Å²) in [5.74, 6) is -0.459. The van der Waals surface area contributed by atoms with Gasteiger partial charge in [0.25, 0.3) is 0 Å². The second-order valence-electron chi connectivity index (χ2n) is 6.59. The zero-order valence-corrected chi connectivity index (χ0v) is 14.2. The average Bonchev–Trinajstić information content (AvgIpc) is 2.91. The first-order chi connectivity index (χ1) is 12.0. The molecule has 1 aromatic heterocycles. The van der Waals surface area contributed by atoms with Gasteiger partial charge in [0.15, 0.2) is 0 Å². The maximum absolute atomic E-state index is 13.5. The number of aliphatic hydroxyl groups excluding tert-OH is 1. The number of β-amino-alcohol motifs (C(OH)–C–C–N with tert-alkyl or cyclic N) is 1. The first-order valence-electron chi connectivity index (χ1n) is 8.36. The highest BCUT2D eigenvalue weighted by atomic mass is 19.1. The summed E-state index contributed by atoms with van der Waals surface area (Å²) < 4.78 is 13.5. The van der Waals surface area contributed by atoms with Crippen LogP contribution in [0.4, 0.5) is 10.1 Å². The zero-order chi connectivity index (χ0) is 17.8. The second kappa shape index (κ2) is 7.72. The molecule has 0 unspecified atom stereocenters. The van der Waals surface area contributed by atoms with E-state index in [0.29, 0.717) is 24.3 Å². The van der Waals surface area contributed by atoms with E-state index in [2.05, 4.69) is 10.3 Å². The third-order valence-corrected chi connectivity index (χ3v) is 4.55. The highest BCUT2D eigenvalue weighted by molar-refractivity contribution is 5.92. The highest BCUT2D eigenvalue weighted by Crippen LogP contribution is 2.21.